The zero-order valence-corrected chi connectivity index (χ0v) is 12.3. The first-order chi connectivity index (χ1) is 9.15. The number of hydrogen-bond acceptors (Lipinski definition) is 4. The van der Waals surface area contributed by atoms with Crippen LogP contribution in [0.2, 0.25) is 0 Å². The van der Waals surface area contributed by atoms with Crippen molar-refractivity contribution in [2.45, 2.75) is 6.92 Å². The molecule has 3 heterocycles. The van der Waals surface area contributed by atoms with E-state index in [4.69, 9.17) is 0 Å². The van der Waals surface area contributed by atoms with Gasteiger partial charge in [-0.2, -0.15) is 0 Å². The summed E-state index contributed by atoms with van der Waals surface area (Å²) >= 11 is 4.71. The van der Waals surface area contributed by atoms with Gasteiger partial charge in [-0.1, -0.05) is 6.07 Å². The predicted molar refractivity (Wildman–Crippen MR) is 77.7 cm³/mol. The molecule has 0 aliphatic rings. The first kappa shape index (κ1) is 12.3. The third kappa shape index (κ3) is 2.26. The number of hydrogen-bond donors (Lipinski definition) is 1. The zero-order chi connectivity index (χ0) is 13.4. The van der Waals surface area contributed by atoms with Gasteiger partial charge < -0.3 is 5.32 Å². The Morgan fingerprint density at radius 1 is 1.53 bits per heavy atom. The number of carbonyl (C=O) groups is 1. The third-order valence-corrected chi connectivity index (χ3v) is 3.91. The molecule has 5 nitrogen and oxygen atoms in total. The summed E-state index contributed by atoms with van der Waals surface area (Å²) in [5.74, 6) is 0.532. The molecule has 7 heteroatoms. The first-order valence-electron chi connectivity index (χ1n) is 5.50. The molecule has 0 aliphatic heterocycles. The molecule has 1 amide bonds. The summed E-state index contributed by atoms with van der Waals surface area (Å²) in [6.07, 6.45) is 3.43. The van der Waals surface area contributed by atoms with Crippen molar-refractivity contribution < 1.29 is 4.79 Å². The van der Waals surface area contributed by atoms with E-state index in [1.165, 1.54) is 11.3 Å². The van der Waals surface area contributed by atoms with Crippen molar-refractivity contribution in [3.63, 3.8) is 0 Å². The molecule has 0 radical (unpaired) electrons. The summed E-state index contributed by atoms with van der Waals surface area (Å²) in [7, 11) is 0. The number of nitrogens with zero attached hydrogens (tertiary/aromatic N) is 3. The average Bonchev–Trinajstić information content (AvgIpc) is 2.99. The van der Waals surface area contributed by atoms with Crippen LogP contribution in [0, 0.1) is 6.92 Å². The molecule has 96 valence electrons. The Morgan fingerprint density at radius 3 is 3.11 bits per heavy atom. The topological polar surface area (TPSA) is 59.3 Å². The molecule has 0 aromatic carbocycles. The van der Waals surface area contributed by atoms with Crippen molar-refractivity contribution >= 4 is 44.6 Å². The van der Waals surface area contributed by atoms with Crippen molar-refractivity contribution in [1.82, 2.24) is 14.4 Å². The molecule has 0 atom stereocenters. The monoisotopic (exact) mass is 336 g/mol. The van der Waals surface area contributed by atoms with Gasteiger partial charge >= 0.3 is 0 Å². The van der Waals surface area contributed by atoms with E-state index in [9.17, 15) is 4.79 Å². The minimum atomic E-state index is -0.132. The van der Waals surface area contributed by atoms with Crippen LogP contribution in [0.1, 0.15) is 15.4 Å². The number of aromatic nitrogens is 3. The molecule has 0 spiro atoms. The van der Waals surface area contributed by atoms with E-state index in [0.717, 1.165) is 5.69 Å². The molecule has 3 rings (SSSR count). The van der Waals surface area contributed by atoms with Gasteiger partial charge in [0.25, 0.3) is 5.91 Å². The van der Waals surface area contributed by atoms with Crippen molar-refractivity contribution in [1.29, 1.82) is 0 Å². The fraction of sp³-hybridized carbons (Fsp3) is 0.0833. The Labute approximate surface area is 121 Å². The molecular weight excluding hydrogens is 328 g/mol. The highest BCUT2D eigenvalue weighted by Gasteiger charge is 2.14. The zero-order valence-electron chi connectivity index (χ0n) is 9.92. The summed E-state index contributed by atoms with van der Waals surface area (Å²) in [6.45, 7) is 1.85. The van der Waals surface area contributed by atoms with Crippen LogP contribution in [0.4, 0.5) is 5.82 Å². The van der Waals surface area contributed by atoms with Crippen LogP contribution < -0.4 is 5.32 Å². The Hall–Kier alpha value is -1.73. The lowest BCUT2D eigenvalue weighted by Gasteiger charge is -2.04. The maximum absolute atomic E-state index is 12.1. The molecule has 0 unspecified atom stereocenters. The molecule has 0 fully saturated rings. The van der Waals surface area contributed by atoms with Gasteiger partial charge in [0.05, 0.1) is 16.8 Å². The fourth-order valence-electron chi connectivity index (χ4n) is 1.78. The number of halogens is 1. The van der Waals surface area contributed by atoms with Gasteiger partial charge in [-0.3, -0.25) is 9.20 Å². The average molecular weight is 337 g/mol. The molecule has 0 bridgehead atoms. The largest absolute Gasteiger partial charge is 0.305 e. The second-order valence-corrected chi connectivity index (χ2v) is 5.68. The van der Waals surface area contributed by atoms with E-state index in [1.54, 1.807) is 22.9 Å². The van der Waals surface area contributed by atoms with Gasteiger partial charge in [-0.05, 0) is 34.3 Å². The fourth-order valence-corrected chi connectivity index (χ4v) is 2.70. The maximum Gasteiger partial charge on any atom is 0.266 e. The van der Waals surface area contributed by atoms with Crippen molar-refractivity contribution in [2.24, 2.45) is 0 Å². The highest BCUT2D eigenvalue weighted by molar-refractivity contribution is 9.10. The highest BCUT2D eigenvalue weighted by atomic mass is 79.9. The van der Waals surface area contributed by atoms with Crippen molar-refractivity contribution in [3.05, 3.63) is 45.1 Å². The minimum Gasteiger partial charge on any atom is -0.305 e. The maximum atomic E-state index is 12.1. The van der Waals surface area contributed by atoms with E-state index < -0.39 is 0 Å². The molecular formula is C12H9BrN4OS. The van der Waals surface area contributed by atoms with Gasteiger partial charge in [0.15, 0.2) is 5.65 Å². The van der Waals surface area contributed by atoms with Gasteiger partial charge in [0.1, 0.15) is 10.4 Å². The van der Waals surface area contributed by atoms with Crippen LogP contribution in [-0.4, -0.2) is 20.3 Å². The number of rotatable bonds is 2. The number of aryl methyl sites for hydroxylation is 1. The first-order valence-corrected chi connectivity index (χ1v) is 7.17. The Bertz CT molecular complexity index is 751. The lowest BCUT2D eigenvalue weighted by atomic mass is 10.4. The summed E-state index contributed by atoms with van der Waals surface area (Å²) in [4.78, 5) is 21.2. The van der Waals surface area contributed by atoms with Crippen LogP contribution in [0.25, 0.3) is 5.65 Å². The van der Waals surface area contributed by atoms with Gasteiger partial charge in [-0.15, -0.1) is 11.3 Å². The molecule has 0 saturated heterocycles. The summed E-state index contributed by atoms with van der Waals surface area (Å²) in [5, 5.41) is 4.76. The Balaban J connectivity index is 2.03. The predicted octanol–water partition coefficient (Wildman–Crippen LogP) is 3.11. The number of nitrogens with one attached hydrogen (secondary N) is 1. The summed E-state index contributed by atoms with van der Waals surface area (Å²) in [6, 6.07) is 3.64. The lowest BCUT2D eigenvalue weighted by Crippen LogP contribution is -2.12. The number of carbonyl (C=O) groups excluding carboxylic acids is 1. The van der Waals surface area contributed by atoms with E-state index in [2.05, 4.69) is 31.2 Å². The van der Waals surface area contributed by atoms with Crippen molar-refractivity contribution in [3.8, 4) is 0 Å². The third-order valence-electron chi connectivity index (χ3n) is 2.63. The standard InChI is InChI=1S/C12H9BrN4OS/c1-7-11(16-12(18)8-3-2-4-19-8)17-6-9(13)14-5-10(17)15-7/h2-6H,1H3,(H,16,18). The lowest BCUT2D eigenvalue weighted by molar-refractivity contribution is 0.103. The molecule has 0 saturated carbocycles. The molecule has 1 N–H and O–H groups in total. The quantitative estimate of drug-likeness (QED) is 0.782. The van der Waals surface area contributed by atoms with Crippen LogP contribution in [0.15, 0.2) is 34.5 Å². The van der Waals surface area contributed by atoms with E-state index in [-0.39, 0.29) is 5.91 Å². The summed E-state index contributed by atoms with van der Waals surface area (Å²) < 4.78 is 2.49. The van der Waals surface area contributed by atoms with Crippen LogP contribution in [-0.2, 0) is 0 Å². The molecule has 0 aliphatic carbocycles. The van der Waals surface area contributed by atoms with Crippen LogP contribution in [0.5, 0.6) is 0 Å². The number of anilines is 1. The number of fused-ring (bicyclic) bond motifs is 1. The smallest absolute Gasteiger partial charge is 0.266 e. The van der Waals surface area contributed by atoms with Gasteiger partial charge in [0.2, 0.25) is 0 Å². The number of thiophene rings is 1. The Kier molecular flexibility index (Phi) is 3.08. The van der Waals surface area contributed by atoms with Crippen LogP contribution in [0.3, 0.4) is 0 Å². The second-order valence-electron chi connectivity index (χ2n) is 3.92. The van der Waals surface area contributed by atoms with Crippen molar-refractivity contribution in [2.75, 3.05) is 5.32 Å². The summed E-state index contributed by atoms with van der Waals surface area (Å²) in [5.41, 5.74) is 1.45. The van der Waals surface area contributed by atoms with Crippen LogP contribution >= 0.6 is 27.3 Å². The van der Waals surface area contributed by atoms with E-state index in [0.29, 0.717) is 20.9 Å². The highest BCUT2D eigenvalue weighted by Crippen LogP contribution is 2.20. The molecule has 19 heavy (non-hydrogen) atoms. The molecule has 3 aromatic rings. The number of amides is 1. The second kappa shape index (κ2) is 4.75. The molecule has 3 aromatic heterocycles. The normalized spacial score (nSPS) is 10.8. The van der Waals surface area contributed by atoms with E-state index >= 15 is 0 Å². The minimum absolute atomic E-state index is 0.132. The SMILES string of the molecule is Cc1nc2cnc(Br)cn2c1NC(=O)c1cccs1. The van der Waals surface area contributed by atoms with Gasteiger partial charge in [-0.25, -0.2) is 9.97 Å². The van der Waals surface area contributed by atoms with Gasteiger partial charge in [0, 0.05) is 6.20 Å². The number of imidazole rings is 1. The Morgan fingerprint density at radius 2 is 2.37 bits per heavy atom. The van der Waals surface area contributed by atoms with E-state index in [1.807, 2.05) is 18.4 Å².